The molecule has 0 bridgehead atoms. The van der Waals surface area contributed by atoms with Crippen LogP contribution in [0.3, 0.4) is 0 Å². The molecule has 49 heavy (non-hydrogen) atoms. The van der Waals surface area contributed by atoms with E-state index in [1.54, 1.807) is 30.3 Å². The highest BCUT2D eigenvalue weighted by atomic mass is 35.5. The fourth-order valence-corrected chi connectivity index (χ4v) is 8.17. The molecule has 4 aromatic carbocycles. The highest BCUT2D eigenvalue weighted by molar-refractivity contribution is 7.92. The molecule has 1 aliphatic carbocycles. The number of carbonyl (C=O) groups is 2. The summed E-state index contributed by atoms with van der Waals surface area (Å²) in [6, 6.07) is 24.0. The number of anilines is 1. The van der Waals surface area contributed by atoms with Gasteiger partial charge in [0.15, 0.2) is 0 Å². The molecule has 1 aliphatic rings. The van der Waals surface area contributed by atoms with Crippen LogP contribution in [0.5, 0.6) is 0 Å². The summed E-state index contributed by atoms with van der Waals surface area (Å²) in [5, 5.41) is 4.15. The second-order valence-electron chi connectivity index (χ2n) is 12.2. The lowest BCUT2D eigenvalue weighted by Crippen LogP contribution is -2.55. The Kier molecular flexibility index (Phi) is 12.6. The van der Waals surface area contributed by atoms with Crippen molar-refractivity contribution in [3.05, 3.63) is 128 Å². The maximum absolute atomic E-state index is 14.8. The Balaban J connectivity index is 1.60. The second-order valence-corrected chi connectivity index (χ2v) is 15.7. The number of nitrogens with one attached hydrogen (secondary N) is 1. The highest BCUT2D eigenvalue weighted by Crippen LogP contribution is 2.32. The van der Waals surface area contributed by atoms with Crippen LogP contribution in [0.25, 0.3) is 0 Å². The van der Waals surface area contributed by atoms with Gasteiger partial charge in [0.25, 0.3) is 10.0 Å². The molecule has 0 aromatic heterocycles. The van der Waals surface area contributed by atoms with Gasteiger partial charge in [0.05, 0.1) is 20.6 Å². The number of sulfonamides is 1. The largest absolute Gasteiger partial charge is 0.352 e. The molecule has 1 fully saturated rings. The van der Waals surface area contributed by atoms with Crippen LogP contribution in [0.2, 0.25) is 20.1 Å². The standard InChI is InChI=1S/C37H37Cl4N3O4S/c1-25-15-18-29(19-16-25)49(47,48)44(28-17-20-33(40)34(41)22-28)24-36(45)43(23-30-31(38)13-8-14-32(30)39)35(21-26-9-4-2-5-10-26)37(46)42-27-11-6-3-7-12-27/h2,4-5,8-10,13-20,22,27,35H,3,6-7,11-12,21,23-24H2,1H3,(H,42,46)/t35-/m1/s1. The van der Waals surface area contributed by atoms with E-state index < -0.39 is 28.5 Å². The third-order valence-electron chi connectivity index (χ3n) is 8.69. The lowest BCUT2D eigenvalue weighted by molar-refractivity contribution is -0.140. The summed E-state index contributed by atoms with van der Waals surface area (Å²) in [6.45, 7) is 1.05. The third-order valence-corrected chi connectivity index (χ3v) is 11.9. The van der Waals surface area contributed by atoms with Crippen LogP contribution in [-0.4, -0.2) is 43.8 Å². The minimum absolute atomic E-state index is 0.0199. The van der Waals surface area contributed by atoms with Gasteiger partial charge in [-0.1, -0.05) is 120 Å². The van der Waals surface area contributed by atoms with Gasteiger partial charge in [0, 0.05) is 34.6 Å². The van der Waals surface area contributed by atoms with Crippen molar-refractivity contribution in [1.29, 1.82) is 0 Å². The van der Waals surface area contributed by atoms with Crippen molar-refractivity contribution < 1.29 is 18.0 Å². The lowest BCUT2D eigenvalue weighted by Gasteiger charge is -2.35. The number of rotatable bonds is 12. The maximum atomic E-state index is 14.8. The average Bonchev–Trinajstić information content (AvgIpc) is 3.08. The Morgan fingerprint density at radius 2 is 1.45 bits per heavy atom. The van der Waals surface area contributed by atoms with E-state index in [0.717, 1.165) is 47.5 Å². The average molecular weight is 762 g/mol. The van der Waals surface area contributed by atoms with E-state index in [4.69, 9.17) is 46.4 Å². The van der Waals surface area contributed by atoms with E-state index in [2.05, 4.69) is 5.32 Å². The first-order chi connectivity index (χ1) is 23.4. The Labute approximate surface area is 308 Å². The molecule has 0 heterocycles. The van der Waals surface area contributed by atoms with Gasteiger partial charge in [0.2, 0.25) is 11.8 Å². The van der Waals surface area contributed by atoms with Crippen LogP contribution >= 0.6 is 46.4 Å². The zero-order chi connectivity index (χ0) is 35.1. The van der Waals surface area contributed by atoms with Crippen LogP contribution in [0.15, 0.2) is 95.9 Å². The first-order valence-corrected chi connectivity index (χ1v) is 19.0. The maximum Gasteiger partial charge on any atom is 0.264 e. The van der Waals surface area contributed by atoms with E-state index in [0.29, 0.717) is 15.6 Å². The molecular formula is C37H37Cl4N3O4S. The molecule has 1 saturated carbocycles. The molecule has 0 aliphatic heterocycles. The number of aryl methyl sites for hydroxylation is 1. The fraction of sp³-hybridized carbons (Fsp3) is 0.297. The minimum atomic E-state index is -4.31. The van der Waals surface area contributed by atoms with Gasteiger partial charge < -0.3 is 10.2 Å². The molecule has 5 rings (SSSR count). The van der Waals surface area contributed by atoms with Crippen LogP contribution in [-0.2, 0) is 32.6 Å². The van der Waals surface area contributed by atoms with Gasteiger partial charge in [0.1, 0.15) is 12.6 Å². The Morgan fingerprint density at radius 3 is 2.08 bits per heavy atom. The number of nitrogens with zero attached hydrogens (tertiary/aromatic N) is 2. The number of halogens is 4. The van der Waals surface area contributed by atoms with E-state index >= 15 is 0 Å². The molecule has 12 heteroatoms. The molecule has 7 nitrogen and oxygen atoms in total. The van der Waals surface area contributed by atoms with Crippen molar-refractivity contribution in [2.75, 3.05) is 10.8 Å². The summed E-state index contributed by atoms with van der Waals surface area (Å²) < 4.78 is 29.5. The van der Waals surface area contributed by atoms with Crippen LogP contribution in [0.4, 0.5) is 5.69 Å². The lowest BCUT2D eigenvalue weighted by atomic mass is 9.94. The summed E-state index contributed by atoms with van der Waals surface area (Å²) in [4.78, 5) is 30.4. The third kappa shape index (κ3) is 9.30. The summed E-state index contributed by atoms with van der Waals surface area (Å²) >= 11 is 25.8. The second kappa shape index (κ2) is 16.6. The van der Waals surface area contributed by atoms with E-state index in [-0.39, 0.29) is 45.5 Å². The number of hydrogen-bond acceptors (Lipinski definition) is 4. The fourth-order valence-electron chi connectivity index (χ4n) is 5.96. The zero-order valence-corrected chi connectivity index (χ0v) is 30.8. The number of hydrogen-bond donors (Lipinski definition) is 1. The van der Waals surface area contributed by atoms with Crippen molar-refractivity contribution in [1.82, 2.24) is 10.2 Å². The van der Waals surface area contributed by atoms with Crippen LogP contribution in [0, 0.1) is 6.92 Å². The summed E-state index contributed by atoms with van der Waals surface area (Å²) in [7, 11) is -4.31. The summed E-state index contributed by atoms with van der Waals surface area (Å²) in [5.74, 6) is -0.979. The number of carbonyl (C=O) groups excluding carboxylic acids is 2. The molecular weight excluding hydrogens is 724 g/mol. The quantitative estimate of drug-likeness (QED) is 0.156. The smallest absolute Gasteiger partial charge is 0.264 e. The van der Waals surface area contributed by atoms with E-state index in [1.165, 1.54) is 35.2 Å². The van der Waals surface area contributed by atoms with Crippen molar-refractivity contribution in [2.45, 2.75) is 69.0 Å². The van der Waals surface area contributed by atoms with Gasteiger partial charge in [-0.05, 0) is 67.8 Å². The molecule has 1 atom stereocenters. The van der Waals surface area contributed by atoms with E-state index in [9.17, 15) is 18.0 Å². The molecule has 0 radical (unpaired) electrons. The Bertz CT molecular complexity index is 1870. The van der Waals surface area contributed by atoms with Gasteiger partial charge >= 0.3 is 0 Å². The Hall–Kier alpha value is -3.27. The van der Waals surface area contributed by atoms with Crippen molar-refractivity contribution in [3.63, 3.8) is 0 Å². The molecule has 1 N–H and O–H groups in total. The van der Waals surface area contributed by atoms with Crippen molar-refractivity contribution in [3.8, 4) is 0 Å². The molecule has 0 saturated heterocycles. The first-order valence-electron chi connectivity index (χ1n) is 16.0. The van der Waals surface area contributed by atoms with Gasteiger partial charge in [-0.15, -0.1) is 0 Å². The minimum Gasteiger partial charge on any atom is -0.352 e. The topological polar surface area (TPSA) is 86.8 Å². The van der Waals surface area contributed by atoms with Gasteiger partial charge in [-0.25, -0.2) is 8.42 Å². The summed E-state index contributed by atoms with van der Waals surface area (Å²) in [5.41, 5.74) is 2.25. The van der Waals surface area contributed by atoms with Crippen molar-refractivity contribution in [2.24, 2.45) is 0 Å². The first kappa shape index (κ1) is 37.0. The van der Waals surface area contributed by atoms with Crippen LogP contribution in [0.1, 0.15) is 48.8 Å². The normalized spacial score (nSPS) is 14.2. The van der Waals surface area contributed by atoms with Gasteiger partial charge in [-0.2, -0.15) is 0 Å². The molecule has 2 amide bonds. The van der Waals surface area contributed by atoms with Crippen molar-refractivity contribution >= 4 is 73.9 Å². The number of benzene rings is 4. The van der Waals surface area contributed by atoms with Gasteiger partial charge in [-0.3, -0.25) is 13.9 Å². The monoisotopic (exact) mass is 759 g/mol. The number of amides is 2. The predicted octanol–water partition coefficient (Wildman–Crippen LogP) is 8.89. The summed E-state index contributed by atoms with van der Waals surface area (Å²) in [6.07, 6.45) is 4.96. The highest BCUT2D eigenvalue weighted by Gasteiger charge is 2.36. The molecule has 0 unspecified atom stereocenters. The zero-order valence-electron chi connectivity index (χ0n) is 26.9. The molecule has 0 spiro atoms. The molecule has 4 aromatic rings. The molecule has 258 valence electrons. The predicted molar refractivity (Wildman–Crippen MR) is 198 cm³/mol. The Morgan fingerprint density at radius 1 is 0.796 bits per heavy atom. The van der Waals surface area contributed by atoms with Crippen LogP contribution < -0.4 is 9.62 Å². The SMILES string of the molecule is Cc1ccc(S(=O)(=O)N(CC(=O)N(Cc2c(Cl)cccc2Cl)[C@H](Cc2ccccc2)C(=O)NC2CCCCC2)c2ccc(Cl)c(Cl)c2)cc1. The van der Waals surface area contributed by atoms with E-state index in [1.807, 2.05) is 37.3 Å².